The Bertz CT molecular complexity index is 495. The van der Waals surface area contributed by atoms with Gasteiger partial charge in [0, 0.05) is 6.61 Å². The SMILES string of the molecule is CC.CC.c1cc2c(cc1OC[C@@H]1CO1)CC[C@@H](COCC1CC1)O2. The Morgan fingerprint density at radius 2 is 1.72 bits per heavy atom. The van der Waals surface area contributed by atoms with E-state index < -0.39 is 0 Å². The van der Waals surface area contributed by atoms with E-state index in [1.165, 1.54) is 18.4 Å². The molecule has 4 nitrogen and oxygen atoms in total. The molecular formula is C21H34O4. The lowest BCUT2D eigenvalue weighted by molar-refractivity contribution is 0.0353. The Morgan fingerprint density at radius 3 is 2.40 bits per heavy atom. The van der Waals surface area contributed by atoms with Crippen molar-refractivity contribution in [1.29, 1.82) is 0 Å². The van der Waals surface area contributed by atoms with Gasteiger partial charge in [0.15, 0.2) is 0 Å². The molecule has 0 unspecified atom stereocenters. The number of hydrogen-bond acceptors (Lipinski definition) is 4. The van der Waals surface area contributed by atoms with Gasteiger partial charge in [-0.05, 0) is 55.4 Å². The van der Waals surface area contributed by atoms with Gasteiger partial charge in [0.2, 0.25) is 0 Å². The molecular weight excluding hydrogens is 316 g/mol. The second-order valence-corrected chi connectivity index (χ2v) is 6.30. The predicted molar refractivity (Wildman–Crippen MR) is 101 cm³/mol. The van der Waals surface area contributed by atoms with Crippen molar-refractivity contribution in [2.24, 2.45) is 5.92 Å². The highest BCUT2D eigenvalue weighted by molar-refractivity contribution is 5.41. The lowest BCUT2D eigenvalue weighted by atomic mass is 10.0. The molecule has 2 atom stereocenters. The van der Waals surface area contributed by atoms with Gasteiger partial charge < -0.3 is 18.9 Å². The Morgan fingerprint density at radius 1 is 0.960 bits per heavy atom. The summed E-state index contributed by atoms with van der Waals surface area (Å²) >= 11 is 0. The zero-order valence-corrected chi connectivity index (χ0v) is 16.3. The number of aryl methyl sites for hydroxylation is 1. The molecule has 3 aliphatic rings. The average molecular weight is 350 g/mol. The first kappa shape index (κ1) is 20.1. The Balaban J connectivity index is 0.000000528. The summed E-state index contributed by atoms with van der Waals surface area (Å²) in [5, 5.41) is 0. The van der Waals surface area contributed by atoms with Gasteiger partial charge in [0.25, 0.3) is 0 Å². The van der Waals surface area contributed by atoms with Gasteiger partial charge in [-0.3, -0.25) is 0 Å². The standard InChI is InChI=1S/C17H22O4.2C2H6/c1-2-12(1)8-18-9-15-4-3-13-7-14(5-6-17(13)21-15)19-10-16-11-20-16;2*1-2/h5-7,12,15-16H,1-4,8-11H2;2*1-2H3/t15-,16+;;/m0../s1. The molecule has 25 heavy (non-hydrogen) atoms. The largest absolute Gasteiger partial charge is 0.491 e. The summed E-state index contributed by atoms with van der Waals surface area (Å²) in [5.41, 5.74) is 1.24. The maximum Gasteiger partial charge on any atom is 0.123 e. The fourth-order valence-corrected chi connectivity index (χ4v) is 2.63. The predicted octanol–water partition coefficient (Wildman–Crippen LogP) is 4.64. The number of ether oxygens (including phenoxy) is 4. The van der Waals surface area contributed by atoms with Crippen LogP contribution >= 0.6 is 0 Å². The summed E-state index contributed by atoms with van der Waals surface area (Å²) < 4.78 is 22.6. The molecule has 1 aromatic carbocycles. The van der Waals surface area contributed by atoms with Gasteiger partial charge in [-0.25, -0.2) is 0 Å². The molecule has 1 aromatic rings. The Hall–Kier alpha value is -1.26. The van der Waals surface area contributed by atoms with Gasteiger partial charge in [0.05, 0.1) is 13.2 Å². The first-order valence-corrected chi connectivity index (χ1v) is 9.98. The van der Waals surface area contributed by atoms with Crippen LogP contribution in [-0.2, 0) is 15.9 Å². The molecule has 0 amide bonds. The van der Waals surface area contributed by atoms with Gasteiger partial charge in [-0.1, -0.05) is 27.7 Å². The van der Waals surface area contributed by atoms with Crippen molar-refractivity contribution >= 4 is 0 Å². The van der Waals surface area contributed by atoms with Crippen molar-refractivity contribution < 1.29 is 18.9 Å². The third kappa shape index (κ3) is 6.87. The van der Waals surface area contributed by atoms with Crippen molar-refractivity contribution in [3.63, 3.8) is 0 Å². The highest BCUT2D eigenvalue weighted by Gasteiger charge is 2.25. The van der Waals surface area contributed by atoms with Crippen LogP contribution in [0, 0.1) is 5.92 Å². The van der Waals surface area contributed by atoms with Crippen molar-refractivity contribution in [2.75, 3.05) is 26.4 Å². The fraction of sp³-hybridized carbons (Fsp3) is 0.714. The molecule has 2 heterocycles. The molecule has 0 spiro atoms. The maximum absolute atomic E-state index is 6.02. The van der Waals surface area contributed by atoms with E-state index in [2.05, 4.69) is 6.07 Å². The van der Waals surface area contributed by atoms with Crippen molar-refractivity contribution in [3.8, 4) is 11.5 Å². The van der Waals surface area contributed by atoms with Crippen LogP contribution in [-0.4, -0.2) is 38.6 Å². The normalized spacial score (nSPS) is 23.0. The number of rotatable bonds is 7. The van der Waals surface area contributed by atoms with Crippen LogP contribution < -0.4 is 9.47 Å². The molecule has 0 N–H and O–H groups in total. The first-order chi connectivity index (χ1) is 12.4. The Kier molecular flexibility index (Phi) is 8.56. The van der Waals surface area contributed by atoms with Gasteiger partial charge >= 0.3 is 0 Å². The van der Waals surface area contributed by atoms with Crippen LogP contribution in [0.1, 0.15) is 52.5 Å². The molecule has 1 aliphatic carbocycles. The van der Waals surface area contributed by atoms with Gasteiger partial charge in [0.1, 0.15) is 30.3 Å². The second kappa shape index (κ2) is 10.7. The van der Waals surface area contributed by atoms with Crippen LogP contribution in [0.25, 0.3) is 0 Å². The van der Waals surface area contributed by atoms with E-state index in [-0.39, 0.29) is 6.10 Å². The fourth-order valence-electron chi connectivity index (χ4n) is 2.63. The number of epoxide rings is 1. The van der Waals surface area contributed by atoms with E-state index in [0.717, 1.165) is 43.5 Å². The summed E-state index contributed by atoms with van der Waals surface area (Å²) in [7, 11) is 0. The minimum absolute atomic E-state index is 0.197. The van der Waals surface area contributed by atoms with E-state index in [0.29, 0.717) is 19.3 Å². The molecule has 0 radical (unpaired) electrons. The quantitative estimate of drug-likeness (QED) is 0.672. The molecule has 4 rings (SSSR count). The maximum atomic E-state index is 6.02. The van der Waals surface area contributed by atoms with Crippen LogP contribution in [0.5, 0.6) is 11.5 Å². The van der Waals surface area contributed by atoms with E-state index in [4.69, 9.17) is 18.9 Å². The van der Waals surface area contributed by atoms with Crippen LogP contribution in [0.3, 0.4) is 0 Å². The number of fused-ring (bicyclic) bond motifs is 1. The molecule has 0 bridgehead atoms. The summed E-state index contributed by atoms with van der Waals surface area (Å²) in [6.45, 7) is 11.1. The third-order valence-corrected chi connectivity index (χ3v) is 4.25. The van der Waals surface area contributed by atoms with Crippen LogP contribution in [0.15, 0.2) is 18.2 Å². The molecule has 1 saturated carbocycles. The zero-order valence-electron chi connectivity index (χ0n) is 16.3. The van der Waals surface area contributed by atoms with Crippen molar-refractivity contribution in [1.82, 2.24) is 0 Å². The van der Waals surface area contributed by atoms with Gasteiger partial charge in [-0.2, -0.15) is 0 Å². The topological polar surface area (TPSA) is 40.2 Å². The molecule has 2 fully saturated rings. The van der Waals surface area contributed by atoms with Crippen LogP contribution in [0.4, 0.5) is 0 Å². The molecule has 2 aliphatic heterocycles. The van der Waals surface area contributed by atoms with Crippen LogP contribution in [0.2, 0.25) is 0 Å². The number of benzene rings is 1. The third-order valence-electron chi connectivity index (χ3n) is 4.25. The zero-order chi connectivity index (χ0) is 18.1. The summed E-state index contributed by atoms with van der Waals surface area (Å²) in [4.78, 5) is 0. The van der Waals surface area contributed by atoms with Crippen molar-refractivity contribution in [3.05, 3.63) is 23.8 Å². The summed E-state index contributed by atoms with van der Waals surface area (Å²) in [6.07, 6.45) is 5.22. The first-order valence-electron chi connectivity index (χ1n) is 9.98. The van der Waals surface area contributed by atoms with E-state index in [1.807, 2.05) is 39.8 Å². The lowest BCUT2D eigenvalue weighted by Gasteiger charge is -2.26. The monoisotopic (exact) mass is 350 g/mol. The minimum atomic E-state index is 0.197. The highest BCUT2D eigenvalue weighted by atomic mass is 16.6. The number of hydrogen-bond donors (Lipinski definition) is 0. The summed E-state index contributed by atoms with van der Waals surface area (Å²) in [5.74, 6) is 2.71. The van der Waals surface area contributed by atoms with Gasteiger partial charge in [-0.15, -0.1) is 0 Å². The molecule has 1 saturated heterocycles. The summed E-state index contributed by atoms with van der Waals surface area (Å²) in [6, 6.07) is 6.10. The Labute approximate surface area is 152 Å². The van der Waals surface area contributed by atoms with Crippen molar-refractivity contribution in [2.45, 2.75) is 65.6 Å². The second-order valence-electron chi connectivity index (χ2n) is 6.30. The molecule has 0 aromatic heterocycles. The van der Waals surface area contributed by atoms with E-state index in [1.54, 1.807) is 0 Å². The smallest absolute Gasteiger partial charge is 0.123 e. The molecule has 4 heteroatoms. The average Bonchev–Trinajstić information content (AvgIpc) is 3.58. The highest BCUT2D eigenvalue weighted by Crippen LogP contribution is 2.32. The minimum Gasteiger partial charge on any atom is -0.491 e. The van der Waals surface area contributed by atoms with E-state index in [9.17, 15) is 0 Å². The lowest BCUT2D eigenvalue weighted by Crippen LogP contribution is -2.28. The van der Waals surface area contributed by atoms with E-state index >= 15 is 0 Å². The molecule has 142 valence electrons.